The predicted octanol–water partition coefficient (Wildman–Crippen LogP) is 0.0215. The maximum Gasteiger partial charge on any atom is 0.276 e. The Morgan fingerprint density at radius 2 is 2.33 bits per heavy atom. The van der Waals surface area contributed by atoms with Gasteiger partial charge in [0.05, 0.1) is 5.39 Å². The third-order valence-electron chi connectivity index (χ3n) is 1.57. The largest absolute Gasteiger partial charge is 0.276 e. The Labute approximate surface area is 67.5 Å². The molecule has 2 aromatic heterocycles. The number of rotatable bonds is 0. The van der Waals surface area contributed by atoms with Crippen LogP contribution in [0.2, 0.25) is 0 Å². The van der Waals surface area contributed by atoms with Gasteiger partial charge in [-0.05, 0) is 13.0 Å². The van der Waals surface area contributed by atoms with Gasteiger partial charge in [-0.25, -0.2) is 5.10 Å². The summed E-state index contributed by atoms with van der Waals surface area (Å²) in [5.41, 5.74) is 1.14. The molecule has 5 heteroatoms. The number of hydrogen-bond donors (Lipinski definition) is 1. The molecule has 60 valence electrons. The van der Waals surface area contributed by atoms with Crippen LogP contribution < -0.4 is 5.56 Å². The molecule has 12 heavy (non-hydrogen) atoms. The van der Waals surface area contributed by atoms with Crippen LogP contribution in [0.5, 0.6) is 0 Å². The standard InChI is InChI=1S/C7H6N4O/c1-4-2-6-5(3-8-4)7(12)10-11-9-6/h2-3H,1H3,(H,9,10,12). The SMILES string of the molecule is Cc1cc2nn[nH]c(=O)c2cn1. The maximum absolute atomic E-state index is 11.1. The molecule has 0 aromatic carbocycles. The highest BCUT2D eigenvalue weighted by Crippen LogP contribution is 2.03. The van der Waals surface area contributed by atoms with Crippen LogP contribution in [0.3, 0.4) is 0 Å². The van der Waals surface area contributed by atoms with E-state index in [1.54, 1.807) is 6.07 Å². The Morgan fingerprint density at radius 1 is 1.50 bits per heavy atom. The molecule has 0 fully saturated rings. The summed E-state index contributed by atoms with van der Waals surface area (Å²) in [5, 5.41) is 9.90. The minimum Gasteiger partial charge on any atom is -0.267 e. The second-order valence-corrected chi connectivity index (χ2v) is 2.48. The van der Waals surface area contributed by atoms with Crippen LogP contribution in [0, 0.1) is 6.92 Å². The van der Waals surface area contributed by atoms with Crippen molar-refractivity contribution < 1.29 is 0 Å². The van der Waals surface area contributed by atoms with Gasteiger partial charge >= 0.3 is 0 Å². The quantitative estimate of drug-likeness (QED) is 0.592. The van der Waals surface area contributed by atoms with Crippen molar-refractivity contribution >= 4 is 10.9 Å². The number of aromatic nitrogens is 4. The van der Waals surface area contributed by atoms with Gasteiger partial charge in [0.15, 0.2) is 0 Å². The zero-order valence-corrected chi connectivity index (χ0v) is 6.40. The van der Waals surface area contributed by atoms with Crippen molar-refractivity contribution in [3.05, 3.63) is 28.3 Å². The summed E-state index contributed by atoms with van der Waals surface area (Å²) in [5.74, 6) is 0. The highest BCUT2D eigenvalue weighted by Gasteiger charge is 1.99. The minimum absolute atomic E-state index is 0.257. The van der Waals surface area contributed by atoms with Crippen molar-refractivity contribution in [3.63, 3.8) is 0 Å². The van der Waals surface area contributed by atoms with Gasteiger partial charge in [-0.15, -0.1) is 5.10 Å². The highest BCUT2D eigenvalue weighted by molar-refractivity contribution is 5.75. The maximum atomic E-state index is 11.1. The van der Waals surface area contributed by atoms with Crippen molar-refractivity contribution in [2.75, 3.05) is 0 Å². The number of aromatic amines is 1. The van der Waals surface area contributed by atoms with E-state index in [1.807, 2.05) is 6.92 Å². The number of pyridine rings is 1. The zero-order chi connectivity index (χ0) is 8.55. The summed E-state index contributed by atoms with van der Waals surface area (Å²) in [6.45, 7) is 1.84. The lowest BCUT2D eigenvalue weighted by Crippen LogP contribution is -2.10. The van der Waals surface area contributed by atoms with E-state index in [9.17, 15) is 4.79 Å². The summed E-state index contributed by atoms with van der Waals surface area (Å²) in [6.07, 6.45) is 1.50. The summed E-state index contributed by atoms with van der Waals surface area (Å²) in [6, 6.07) is 1.72. The first-order chi connectivity index (χ1) is 5.77. The zero-order valence-electron chi connectivity index (χ0n) is 6.40. The number of nitrogens with one attached hydrogen (secondary N) is 1. The molecule has 5 nitrogen and oxygen atoms in total. The van der Waals surface area contributed by atoms with Gasteiger partial charge in [0.1, 0.15) is 5.52 Å². The molecule has 0 bridgehead atoms. The molecule has 0 saturated carbocycles. The Morgan fingerprint density at radius 3 is 3.17 bits per heavy atom. The summed E-state index contributed by atoms with van der Waals surface area (Å²) >= 11 is 0. The van der Waals surface area contributed by atoms with Crippen LogP contribution in [0.1, 0.15) is 5.69 Å². The Hall–Kier alpha value is -1.78. The van der Waals surface area contributed by atoms with E-state index < -0.39 is 0 Å². The van der Waals surface area contributed by atoms with Crippen molar-refractivity contribution in [2.45, 2.75) is 6.92 Å². The molecule has 0 unspecified atom stereocenters. The normalized spacial score (nSPS) is 10.4. The van der Waals surface area contributed by atoms with E-state index >= 15 is 0 Å². The molecule has 2 rings (SSSR count). The van der Waals surface area contributed by atoms with Gasteiger partial charge < -0.3 is 0 Å². The van der Waals surface area contributed by atoms with Gasteiger partial charge in [0.2, 0.25) is 0 Å². The summed E-state index contributed by atoms with van der Waals surface area (Å²) < 4.78 is 0. The van der Waals surface area contributed by atoms with Crippen LogP contribution in [0.25, 0.3) is 10.9 Å². The summed E-state index contributed by atoms with van der Waals surface area (Å²) in [7, 11) is 0. The average molecular weight is 162 g/mol. The lowest BCUT2D eigenvalue weighted by atomic mass is 10.3. The molecular weight excluding hydrogens is 156 g/mol. The Kier molecular flexibility index (Phi) is 1.36. The van der Waals surface area contributed by atoms with E-state index in [2.05, 4.69) is 20.4 Å². The van der Waals surface area contributed by atoms with Crippen LogP contribution in [-0.4, -0.2) is 20.4 Å². The second-order valence-electron chi connectivity index (χ2n) is 2.48. The first-order valence-corrected chi connectivity index (χ1v) is 3.45. The van der Waals surface area contributed by atoms with E-state index in [-0.39, 0.29) is 5.56 Å². The molecule has 0 aliphatic heterocycles. The van der Waals surface area contributed by atoms with Crippen LogP contribution in [0.15, 0.2) is 17.1 Å². The van der Waals surface area contributed by atoms with E-state index in [0.29, 0.717) is 10.9 Å². The Bertz CT molecular complexity index is 476. The fourth-order valence-corrected chi connectivity index (χ4v) is 0.988. The lowest BCUT2D eigenvalue weighted by Gasteiger charge is -1.93. The molecule has 0 radical (unpaired) electrons. The number of hydrogen-bond acceptors (Lipinski definition) is 4. The average Bonchev–Trinajstić information content (AvgIpc) is 2.04. The van der Waals surface area contributed by atoms with Gasteiger partial charge in [0.25, 0.3) is 5.56 Å². The van der Waals surface area contributed by atoms with Crippen molar-refractivity contribution in [1.29, 1.82) is 0 Å². The number of nitrogens with zero attached hydrogens (tertiary/aromatic N) is 3. The first-order valence-electron chi connectivity index (χ1n) is 3.45. The third-order valence-corrected chi connectivity index (χ3v) is 1.57. The Balaban J connectivity index is 2.96. The van der Waals surface area contributed by atoms with Crippen molar-refractivity contribution in [3.8, 4) is 0 Å². The molecule has 1 N–H and O–H groups in total. The number of fused-ring (bicyclic) bond motifs is 1. The fourth-order valence-electron chi connectivity index (χ4n) is 0.988. The summed E-state index contributed by atoms with van der Waals surface area (Å²) in [4.78, 5) is 15.1. The lowest BCUT2D eigenvalue weighted by molar-refractivity contribution is 0.870. The van der Waals surface area contributed by atoms with E-state index in [1.165, 1.54) is 6.20 Å². The molecule has 2 heterocycles. The van der Waals surface area contributed by atoms with Crippen LogP contribution >= 0.6 is 0 Å². The molecule has 2 aromatic rings. The van der Waals surface area contributed by atoms with E-state index in [0.717, 1.165) is 5.69 Å². The van der Waals surface area contributed by atoms with Gasteiger partial charge in [-0.1, -0.05) is 5.21 Å². The topological polar surface area (TPSA) is 71.5 Å². The molecule has 0 saturated heterocycles. The third kappa shape index (κ3) is 0.952. The van der Waals surface area contributed by atoms with Crippen molar-refractivity contribution in [2.24, 2.45) is 0 Å². The molecule has 0 aliphatic carbocycles. The smallest absolute Gasteiger partial charge is 0.267 e. The molecule has 0 amide bonds. The van der Waals surface area contributed by atoms with Crippen LogP contribution in [0.4, 0.5) is 0 Å². The number of aryl methyl sites for hydroxylation is 1. The van der Waals surface area contributed by atoms with Gasteiger partial charge in [-0.3, -0.25) is 9.78 Å². The highest BCUT2D eigenvalue weighted by atomic mass is 16.1. The number of H-pyrrole nitrogens is 1. The fraction of sp³-hybridized carbons (Fsp3) is 0.143. The first kappa shape index (κ1) is 6.90. The monoisotopic (exact) mass is 162 g/mol. The molecule has 0 spiro atoms. The van der Waals surface area contributed by atoms with Gasteiger partial charge in [-0.2, -0.15) is 0 Å². The second kappa shape index (κ2) is 2.37. The minimum atomic E-state index is -0.257. The van der Waals surface area contributed by atoms with Gasteiger partial charge in [0, 0.05) is 11.9 Å². The molecule has 0 atom stereocenters. The van der Waals surface area contributed by atoms with Crippen LogP contribution in [-0.2, 0) is 0 Å². The molecular formula is C7H6N4O. The van der Waals surface area contributed by atoms with E-state index in [4.69, 9.17) is 0 Å². The molecule has 0 aliphatic rings. The predicted molar refractivity (Wildman–Crippen MR) is 42.7 cm³/mol. The van der Waals surface area contributed by atoms with Crippen molar-refractivity contribution in [1.82, 2.24) is 20.4 Å².